The number of hydrogen-bond acceptors (Lipinski definition) is 5. The molecular weight excluding hydrogens is 276 g/mol. The van der Waals surface area contributed by atoms with Gasteiger partial charge in [-0.2, -0.15) is 0 Å². The minimum absolute atomic E-state index is 0.132. The number of furan rings is 1. The van der Waals surface area contributed by atoms with Gasteiger partial charge in [0.1, 0.15) is 0 Å². The third kappa shape index (κ3) is 6.92. The van der Waals surface area contributed by atoms with E-state index in [1.165, 1.54) is 6.26 Å². The summed E-state index contributed by atoms with van der Waals surface area (Å²) in [6, 6.07) is 3.16. The summed E-state index contributed by atoms with van der Waals surface area (Å²) in [5.74, 6) is -0.398. The molecule has 0 radical (unpaired) electrons. The molecule has 2 amide bonds. The Morgan fingerprint density at radius 3 is 2.81 bits per heavy atom. The van der Waals surface area contributed by atoms with Crippen LogP contribution in [0.1, 0.15) is 30.3 Å². The topological polar surface area (TPSA) is 101 Å². The molecule has 3 N–H and O–H groups in total. The number of carbonyl (C=O) groups is 2. The van der Waals surface area contributed by atoms with E-state index in [2.05, 4.69) is 10.6 Å². The molecule has 0 aliphatic rings. The van der Waals surface area contributed by atoms with Crippen LogP contribution in [0.5, 0.6) is 0 Å². The third-order valence-electron chi connectivity index (χ3n) is 2.89. The molecule has 118 valence electrons. The molecule has 0 aromatic carbocycles. The molecule has 0 bridgehead atoms. The minimum atomic E-state index is -1.01. The van der Waals surface area contributed by atoms with Gasteiger partial charge < -0.3 is 24.9 Å². The maximum absolute atomic E-state index is 11.6. The first-order valence-corrected chi connectivity index (χ1v) is 6.74. The van der Waals surface area contributed by atoms with Crippen LogP contribution in [-0.4, -0.2) is 49.3 Å². The number of amides is 2. The lowest BCUT2D eigenvalue weighted by atomic mass is 10.0. The summed E-state index contributed by atoms with van der Waals surface area (Å²) in [7, 11) is 1.55. The molecule has 7 nitrogen and oxygen atoms in total. The van der Waals surface area contributed by atoms with Crippen LogP contribution in [0.15, 0.2) is 22.8 Å². The number of ether oxygens (including phenoxy) is 1. The summed E-state index contributed by atoms with van der Waals surface area (Å²) in [6.07, 6.45) is 1.97. The number of aliphatic hydroxyl groups is 1. The van der Waals surface area contributed by atoms with Crippen LogP contribution < -0.4 is 10.6 Å². The van der Waals surface area contributed by atoms with E-state index in [4.69, 9.17) is 9.15 Å². The van der Waals surface area contributed by atoms with Gasteiger partial charge in [-0.05, 0) is 19.1 Å². The molecule has 0 fully saturated rings. The van der Waals surface area contributed by atoms with E-state index in [9.17, 15) is 14.7 Å². The van der Waals surface area contributed by atoms with Crippen LogP contribution >= 0.6 is 0 Å². The molecule has 0 aliphatic carbocycles. The summed E-state index contributed by atoms with van der Waals surface area (Å²) in [5.41, 5.74) is -1.01. The molecule has 1 aromatic heterocycles. The Balaban J connectivity index is 2.18. The first-order chi connectivity index (χ1) is 9.94. The van der Waals surface area contributed by atoms with E-state index in [1.807, 2.05) is 0 Å². The van der Waals surface area contributed by atoms with Gasteiger partial charge in [0, 0.05) is 39.6 Å². The van der Waals surface area contributed by atoms with Gasteiger partial charge in [-0.25, -0.2) is 0 Å². The molecule has 1 rings (SSSR count). The predicted octanol–water partition coefficient (Wildman–Crippen LogP) is 0.303. The van der Waals surface area contributed by atoms with E-state index in [0.717, 1.165) is 0 Å². The Hall–Kier alpha value is -1.86. The van der Waals surface area contributed by atoms with Crippen molar-refractivity contribution in [2.75, 3.05) is 26.8 Å². The smallest absolute Gasteiger partial charge is 0.286 e. The zero-order chi connectivity index (χ0) is 15.7. The van der Waals surface area contributed by atoms with Crippen molar-refractivity contribution in [1.82, 2.24) is 10.6 Å². The minimum Gasteiger partial charge on any atom is -0.459 e. The normalized spacial score (nSPS) is 13.5. The van der Waals surface area contributed by atoms with Crippen molar-refractivity contribution in [3.05, 3.63) is 24.2 Å². The van der Waals surface area contributed by atoms with Crippen molar-refractivity contribution >= 4 is 11.8 Å². The number of carbonyl (C=O) groups excluding carboxylic acids is 2. The lowest BCUT2D eigenvalue weighted by Crippen LogP contribution is -2.42. The lowest BCUT2D eigenvalue weighted by Gasteiger charge is -2.23. The summed E-state index contributed by atoms with van der Waals surface area (Å²) < 4.78 is 9.81. The van der Waals surface area contributed by atoms with Crippen molar-refractivity contribution in [2.45, 2.75) is 25.4 Å². The second-order valence-corrected chi connectivity index (χ2v) is 5.00. The van der Waals surface area contributed by atoms with Gasteiger partial charge in [0.05, 0.1) is 11.9 Å². The molecule has 1 heterocycles. The molecular formula is C14H22N2O5. The van der Waals surface area contributed by atoms with Crippen LogP contribution in [0.2, 0.25) is 0 Å². The van der Waals surface area contributed by atoms with Gasteiger partial charge in [0.15, 0.2) is 5.76 Å². The van der Waals surface area contributed by atoms with Gasteiger partial charge in [0.25, 0.3) is 5.91 Å². The fraction of sp³-hybridized carbons (Fsp3) is 0.571. The fourth-order valence-electron chi connectivity index (χ4n) is 1.57. The number of nitrogens with one attached hydrogen (secondary N) is 2. The van der Waals surface area contributed by atoms with Crippen molar-refractivity contribution in [3.8, 4) is 0 Å². The van der Waals surface area contributed by atoms with Gasteiger partial charge in [-0.15, -0.1) is 0 Å². The number of hydrogen-bond donors (Lipinski definition) is 3. The van der Waals surface area contributed by atoms with Crippen LogP contribution in [0, 0.1) is 0 Å². The van der Waals surface area contributed by atoms with E-state index in [0.29, 0.717) is 13.0 Å². The number of methoxy groups -OCH3 is 1. The fourth-order valence-corrected chi connectivity index (χ4v) is 1.57. The summed E-state index contributed by atoms with van der Waals surface area (Å²) in [6.45, 7) is 2.39. The van der Waals surface area contributed by atoms with E-state index < -0.39 is 5.60 Å². The Labute approximate surface area is 123 Å². The molecule has 0 spiro atoms. The van der Waals surface area contributed by atoms with E-state index in [-0.39, 0.29) is 37.1 Å². The zero-order valence-corrected chi connectivity index (χ0v) is 12.3. The van der Waals surface area contributed by atoms with Crippen molar-refractivity contribution in [1.29, 1.82) is 0 Å². The van der Waals surface area contributed by atoms with Gasteiger partial charge in [-0.1, -0.05) is 0 Å². The van der Waals surface area contributed by atoms with Crippen LogP contribution in [-0.2, 0) is 9.53 Å². The Morgan fingerprint density at radius 1 is 1.43 bits per heavy atom. The second-order valence-electron chi connectivity index (χ2n) is 5.00. The summed E-state index contributed by atoms with van der Waals surface area (Å²) in [4.78, 5) is 23.1. The SMILES string of the molecule is COCCC(C)(O)CNC(=O)CCNC(=O)c1ccco1. The highest BCUT2D eigenvalue weighted by Crippen LogP contribution is 2.07. The van der Waals surface area contributed by atoms with Crippen molar-refractivity contribution < 1.29 is 23.8 Å². The third-order valence-corrected chi connectivity index (χ3v) is 2.89. The molecule has 21 heavy (non-hydrogen) atoms. The molecule has 0 aliphatic heterocycles. The van der Waals surface area contributed by atoms with Gasteiger partial charge >= 0.3 is 0 Å². The van der Waals surface area contributed by atoms with Crippen LogP contribution in [0.4, 0.5) is 0 Å². The lowest BCUT2D eigenvalue weighted by molar-refractivity contribution is -0.122. The zero-order valence-electron chi connectivity index (χ0n) is 12.3. The first-order valence-electron chi connectivity index (χ1n) is 6.74. The molecule has 1 atom stereocenters. The van der Waals surface area contributed by atoms with Crippen LogP contribution in [0.3, 0.4) is 0 Å². The molecule has 1 aromatic rings. The largest absolute Gasteiger partial charge is 0.459 e. The number of rotatable bonds is 9. The summed E-state index contributed by atoms with van der Waals surface area (Å²) >= 11 is 0. The first kappa shape index (κ1) is 17.2. The maximum atomic E-state index is 11.6. The predicted molar refractivity (Wildman–Crippen MR) is 75.8 cm³/mol. The Morgan fingerprint density at radius 2 is 2.19 bits per heavy atom. The van der Waals surface area contributed by atoms with E-state index >= 15 is 0 Å². The molecule has 0 saturated carbocycles. The highest BCUT2D eigenvalue weighted by atomic mass is 16.5. The second kappa shape index (κ2) is 8.43. The highest BCUT2D eigenvalue weighted by Gasteiger charge is 2.20. The van der Waals surface area contributed by atoms with Gasteiger partial charge in [-0.3, -0.25) is 9.59 Å². The monoisotopic (exact) mass is 298 g/mol. The Bertz CT molecular complexity index is 442. The van der Waals surface area contributed by atoms with Crippen molar-refractivity contribution in [2.24, 2.45) is 0 Å². The summed E-state index contributed by atoms with van der Waals surface area (Å²) in [5, 5.41) is 15.1. The van der Waals surface area contributed by atoms with Crippen molar-refractivity contribution in [3.63, 3.8) is 0 Å². The van der Waals surface area contributed by atoms with E-state index in [1.54, 1.807) is 26.2 Å². The highest BCUT2D eigenvalue weighted by molar-refractivity contribution is 5.91. The average molecular weight is 298 g/mol. The van der Waals surface area contributed by atoms with Gasteiger partial charge in [0.2, 0.25) is 5.91 Å². The quantitative estimate of drug-likeness (QED) is 0.609. The Kier molecular flexibility index (Phi) is 6.90. The van der Waals surface area contributed by atoms with Crippen LogP contribution in [0.25, 0.3) is 0 Å². The maximum Gasteiger partial charge on any atom is 0.286 e. The standard InChI is InChI=1S/C14H22N2O5/c1-14(19,6-9-20-2)10-16-12(17)5-7-15-13(18)11-4-3-8-21-11/h3-4,8,19H,5-7,9-10H2,1-2H3,(H,15,18)(H,16,17). The average Bonchev–Trinajstić information content (AvgIpc) is 2.97. The molecule has 0 saturated heterocycles. The molecule has 1 unspecified atom stereocenters. The molecule has 7 heteroatoms.